The molecule has 1 heterocycles. The molecule has 0 bridgehead atoms. The Labute approximate surface area is 152 Å². The molecular weight excluding hydrogens is 331 g/mol. The van der Waals surface area contributed by atoms with Crippen LogP contribution >= 0.6 is 0 Å². The number of para-hydroxylation sites is 1. The molecule has 0 radical (unpaired) electrons. The predicted molar refractivity (Wildman–Crippen MR) is 98.5 cm³/mol. The summed E-state index contributed by atoms with van der Waals surface area (Å²) >= 11 is 0. The summed E-state index contributed by atoms with van der Waals surface area (Å²) in [6.45, 7) is 1.68. The fourth-order valence-corrected chi connectivity index (χ4v) is 2.61. The van der Waals surface area contributed by atoms with Crippen LogP contribution in [0.4, 0.5) is 4.39 Å². The molecule has 3 aromatic rings. The molecule has 4 nitrogen and oxygen atoms in total. The van der Waals surface area contributed by atoms with E-state index in [1.165, 1.54) is 12.1 Å². The van der Waals surface area contributed by atoms with Gasteiger partial charge in [0.25, 0.3) is 0 Å². The Morgan fingerprint density at radius 2 is 1.81 bits per heavy atom. The normalized spacial score (nSPS) is 10.5. The summed E-state index contributed by atoms with van der Waals surface area (Å²) < 4.78 is 24.5. The van der Waals surface area contributed by atoms with Crippen LogP contribution in [0, 0.1) is 5.82 Å². The van der Waals surface area contributed by atoms with Crippen molar-refractivity contribution in [2.75, 3.05) is 7.11 Å². The van der Waals surface area contributed by atoms with Crippen molar-refractivity contribution in [1.29, 1.82) is 0 Å². The highest BCUT2D eigenvalue weighted by Gasteiger charge is 2.11. The van der Waals surface area contributed by atoms with Gasteiger partial charge < -0.3 is 14.8 Å². The van der Waals surface area contributed by atoms with Crippen LogP contribution in [-0.2, 0) is 19.7 Å². The van der Waals surface area contributed by atoms with Crippen LogP contribution in [0.1, 0.15) is 16.7 Å². The molecule has 0 saturated carbocycles. The van der Waals surface area contributed by atoms with Crippen LogP contribution in [0.3, 0.4) is 0 Å². The zero-order valence-corrected chi connectivity index (χ0v) is 14.6. The number of halogens is 1. The number of methoxy groups -OCH3 is 1. The molecule has 1 aromatic heterocycles. The number of aromatic nitrogens is 1. The highest BCUT2D eigenvalue weighted by atomic mass is 19.1. The van der Waals surface area contributed by atoms with Crippen molar-refractivity contribution in [1.82, 2.24) is 10.3 Å². The molecule has 5 heteroatoms. The Morgan fingerprint density at radius 1 is 0.962 bits per heavy atom. The molecule has 0 atom stereocenters. The minimum atomic E-state index is -0.258. The van der Waals surface area contributed by atoms with Gasteiger partial charge in [-0.05, 0) is 35.4 Å². The van der Waals surface area contributed by atoms with E-state index in [1.807, 2.05) is 36.5 Å². The van der Waals surface area contributed by atoms with Crippen LogP contribution in [0.15, 0.2) is 67.0 Å². The maximum Gasteiger partial charge on any atom is 0.166 e. The lowest BCUT2D eigenvalue weighted by Crippen LogP contribution is -2.14. The average Bonchev–Trinajstić information content (AvgIpc) is 2.69. The molecule has 0 unspecified atom stereocenters. The molecular formula is C21H21FN2O2. The third-order valence-electron chi connectivity index (χ3n) is 3.94. The first-order valence-corrected chi connectivity index (χ1v) is 8.39. The minimum Gasteiger partial charge on any atom is -0.493 e. The van der Waals surface area contributed by atoms with E-state index >= 15 is 0 Å². The third-order valence-corrected chi connectivity index (χ3v) is 3.94. The second kappa shape index (κ2) is 8.97. The number of nitrogens with one attached hydrogen (secondary N) is 1. The van der Waals surface area contributed by atoms with Crippen LogP contribution in [-0.4, -0.2) is 12.1 Å². The van der Waals surface area contributed by atoms with Crippen LogP contribution in [0.5, 0.6) is 11.5 Å². The molecule has 26 heavy (non-hydrogen) atoms. The maximum absolute atomic E-state index is 13.0. The Hall–Kier alpha value is -2.92. The quantitative estimate of drug-likeness (QED) is 0.663. The first kappa shape index (κ1) is 17.9. The molecule has 134 valence electrons. The third kappa shape index (κ3) is 4.80. The average molecular weight is 352 g/mol. The van der Waals surface area contributed by atoms with Gasteiger partial charge in [0.1, 0.15) is 12.4 Å². The van der Waals surface area contributed by atoms with Gasteiger partial charge in [0.15, 0.2) is 11.5 Å². The fraction of sp³-hybridized carbons (Fsp3) is 0.190. The lowest BCUT2D eigenvalue weighted by Gasteiger charge is -2.16. The van der Waals surface area contributed by atoms with E-state index in [0.29, 0.717) is 31.2 Å². The van der Waals surface area contributed by atoms with E-state index in [0.717, 1.165) is 16.7 Å². The Bertz CT molecular complexity index is 823. The SMILES string of the molecule is COc1cccc(CNCc2cccnc2)c1OCc1ccc(F)cc1. The number of hydrogen-bond donors (Lipinski definition) is 1. The van der Waals surface area contributed by atoms with E-state index in [9.17, 15) is 4.39 Å². The van der Waals surface area contributed by atoms with E-state index in [2.05, 4.69) is 10.3 Å². The van der Waals surface area contributed by atoms with Gasteiger partial charge in [-0.1, -0.05) is 30.3 Å². The van der Waals surface area contributed by atoms with Gasteiger partial charge in [-0.3, -0.25) is 4.98 Å². The summed E-state index contributed by atoms with van der Waals surface area (Å²) in [6.07, 6.45) is 3.59. The van der Waals surface area contributed by atoms with Gasteiger partial charge in [-0.2, -0.15) is 0 Å². The van der Waals surface area contributed by atoms with Crippen molar-refractivity contribution in [2.24, 2.45) is 0 Å². The first-order chi connectivity index (χ1) is 12.8. The van der Waals surface area contributed by atoms with E-state index in [-0.39, 0.29) is 5.82 Å². The van der Waals surface area contributed by atoms with Crippen LogP contribution in [0.2, 0.25) is 0 Å². The minimum absolute atomic E-state index is 0.258. The predicted octanol–water partition coefficient (Wildman–Crippen LogP) is 4.10. The van der Waals surface area contributed by atoms with Crippen molar-refractivity contribution < 1.29 is 13.9 Å². The molecule has 0 saturated heterocycles. The highest BCUT2D eigenvalue weighted by Crippen LogP contribution is 2.31. The van der Waals surface area contributed by atoms with Gasteiger partial charge in [-0.15, -0.1) is 0 Å². The van der Waals surface area contributed by atoms with E-state index < -0.39 is 0 Å². The number of benzene rings is 2. The van der Waals surface area contributed by atoms with Crippen molar-refractivity contribution in [3.05, 3.63) is 89.5 Å². The Balaban J connectivity index is 1.67. The molecule has 2 aromatic carbocycles. The summed E-state index contributed by atoms with van der Waals surface area (Å²) in [7, 11) is 1.62. The van der Waals surface area contributed by atoms with Crippen molar-refractivity contribution >= 4 is 0 Å². The van der Waals surface area contributed by atoms with Crippen molar-refractivity contribution in [3.8, 4) is 11.5 Å². The van der Waals surface area contributed by atoms with Gasteiger partial charge in [0.05, 0.1) is 7.11 Å². The maximum atomic E-state index is 13.0. The monoisotopic (exact) mass is 352 g/mol. The zero-order chi connectivity index (χ0) is 18.2. The van der Waals surface area contributed by atoms with E-state index in [1.54, 1.807) is 25.4 Å². The summed E-state index contributed by atoms with van der Waals surface area (Å²) in [4.78, 5) is 4.11. The van der Waals surface area contributed by atoms with Gasteiger partial charge in [-0.25, -0.2) is 4.39 Å². The zero-order valence-electron chi connectivity index (χ0n) is 14.6. The first-order valence-electron chi connectivity index (χ1n) is 8.39. The number of nitrogens with zero attached hydrogens (tertiary/aromatic N) is 1. The molecule has 0 spiro atoms. The van der Waals surface area contributed by atoms with Gasteiger partial charge in [0.2, 0.25) is 0 Å². The van der Waals surface area contributed by atoms with Crippen molar-refractivity contribution in [3.63, 3.8) is 0 Å². The molecule has 0 aliphatic heterocycles. The Morgan fingerprint density at radius 3 is 2.54 bits per heavy atom. The molecule has 0 fully saturated rings. The number of pyridine rings is 1. The molecule has 0 aliphatic rings. The summed E-state index contributed by atoms with van der Waals surface area (Å²) in [6, 6.07) is 16.0. The topological polar surface area (TPSA) is 43.4 Å². The second-order valence-electron chi connectivity index (χ2n) is 5.83. The van der Waals surface area contributed by atoms with Crippen LogP contribution in [0.25, 0.3) is 0 Å². The summed E-state index contributed by atoms with van der Waals surface area (Å²) in [5.41, 5.74) is 3.01. The lowest BCUT2D eigenvalue weighted by molar-refractivity contribution is 0.280. The Kier molecular flexibility index (Phi) is 6.17. The largest absolute Gasteiger partial charge is 0.493 e. The van der Waals surface area contributed by atoms with Gasteiger partial charge >= 0.3 is 0 Å². The molecule has 3 rings (SSSR count). The second-order valence-corrected chi connectivity index (χ2v) is 5.83. The van der Waals surface area contributed by atoms with E-state index in [4.69, 9.17) is 9.47 Å². The standard InChI is InChI=1S/C21H21FN2O2/c1-25-20-6-2-5-18(14-24-13-17-4-3-11-23-12-17)21(20)26-15-16-7-9-19(22)10-8-16/h2-12,24H,13-15H2,1H3. The highest BCUT2D eigenvalue weighted by molar-refractivity contribution is 5.46. The van der Waals surface area contributed by atoms with Crippen molar-refractivity contribution in [2.45, 2.75) is 19.7 Å². The molecule has 1 N–H and O–H groups in total. The lowest BCUT2D eigenvalue weighted by atomic mass is 10.1. The number of hydrogen-bond acceptors (Lipinski definition) is 4. The smallest absolute Gasteiger partial charge is 0.166 e. The molecule has 0 amide bonds. The molecule has 0 aliphatic carbocycles. The number of rotatable bonds is 8. The number of ether oxygens (including phenoxy) is 2. The summed E-state index contributed by atoms with van der Waals surface area (Å²) in [5.74, 6) is 1.11. The van der Waals surface area contributed by atoms with Gasteiger partial charge in [0, 0.05) is 31.0 Å². The summed E-state index contributed by atoms with van der Waals surface area (Å²) in [5, 5.41) is 3.39. The van der Waals surface area contributed by atoms with Crippen LogP contribution < -0.4 is 14.8 Å². The fourth-order valence-electron chi connectivity index (χ4n) is 2.61.